The van der Waals surface area contributed by atoms with Gasteiger partial charge >= 0.3 is 12.1 Å². The van der Waals surface area contributed by atoms with Crippen molar-refractivity contribution in [3.63, 3.8) is 0 Å². The van der Waals surface area contributed by atoms with Gasteiger partial charge in [0.25, 0.3) is 0 Å². The Bertz CT molecular complexity index is 762. The van der Waals surface area contributed by atoms with Crippen molar-refractivity contribution < 1.29 is 37.4 Å². The van der Waals surface area contributed by atoms with Gasteiger partial charge in [-0.3, -0.25) is 14.5 Å². The Kier molecular flexibility index (Phi) is 6.17. The Morgan fingerprint density at radius 2 is 1.66 bits per heavy atom. The Balaban J connectivity index is 0.000000307. The lowest BCUT2D eigenvalue weighted by Crippen LogP contribution is -2.74. The zero-order valence-electron chi connectivity index (χ0n) is 18.1. The number of amides is 2. The number of carbonyl (C=O) groups is 3. The van der Waals surface area contributed by atoms with Crippen molar-refractivity contribution in [2.24, 2.45) is 17.8 Å². The van der Waals surface area contributed by atoms with Crippen LogP contribution in [0.5, 0.6) is 0 Å². The van der Waals surface area contributed by atoms with Crippen LogP contribution in [0.15, 0.2) is 0 Å². The van der Waals surface area contributed by atoms with Crippen LogP contribution in [0.2, 0.25) is 0 Å². The molecule has 0 aromatic rings. The normalized spacial score (nSPS) is 31.2. The van der Waals surface area contributed by atoms with Crippen LogP contribution < -0.4 is 0 Å². The maximum absolute atomic E-state index is 12.8. The Morgan fingerprint density at radius 1 is 1.06 bits per heavy atom. The van der Waals surface area contributed by atoms with E-state index in [2.05, 4.69) is 11.8 Å². The molecule has 2 saturated carbocycles. The predicted molar refractivity (Wildman–Crippen MR) is 106 cm³/mol. The molecule has 3 atom stereocenters. The molecule has 3 unspecified atom stereocenters. The molecular formula is C21H30F3N3O5. The van der Waals surface area contributed by atoms with E-state index < -0.39 is 12.1 Å². The highest BCUT2D eigenvalue weighted by Crippen LogP contribution is 2.42. The summed E-state index contributed by atoms with van der Waals surface area (Å²) in [6.45, 7) is 7.68. The van der Waals surface area contributed by atoms with E-state index in [0.717, 1.165) is 44.9 Å². The lowest BCUT2D eigenvalue weighted by atomic mass is 9.89. The molecule has 0 aromatic heterocycles. The second kappa shape index (κ2) is 8.48. The van der Waals surface area contributed by atoms with Crippen LogP contribution in [0.25, 0.3) is 0 Å². The van der Waals surface area contributed by atoms with Gasteiger partial charge in [-0.1, -0.05) is 6.92 Å². The van der Waals surface area contributed by atoms with Crippen LogP contribution in [0, 0.1) is 17.8 Å². The van der Waals surface area contributed by atoms with Gasteiger partial charge in [-0.25, -0.2) is 4.79 Å². The number of nitrogens with zero attached hydrogens (tertiary/aromatic N) is 3. The number of likely N-dealkylation sites (tertiary alicyclic amines) is 2. The zero-order valence-corrected chi connectivity index (χ0v) is 18.1. The van der Waals surface area contributed by atoms with E-state index in [9.17, 15) is 22.8 Å². The zero-order chi connectivity index (χ0) is 23.3. The first-order valence-corrected chi connectivity index (χ1v) is 11.2. The Morgan fingerprint density at radius 3 is 2.09 bits per heavy atom. The summed E-state index contributed by atoms with van der Waals surface area (Å²) in [4.78, 5) is 40.4. The lowest BCUT2D eigenvalue weighted by Gasteiger charge is -2.56. The molecule has 3 saturated heterocycles. The summed E-state index contributed by atoms with van der Waals surface area (Å²) in [6, 6.07) is -0.111. The van der Waals surface area contributed by atoms with Gasteiger partial charge in [-0.05, 0) is 37.5 Å². The quantitative estimate of drug-likeness (QED) is 0.677. The van der Waals surface area contributed by atoms with Gasteiger partial charge in [0.15, 0.2) is 0 Å². The van der Waals surface area contributed by atoms with Crippen LogP contribution in [-0.4, -0.2) is 101 Å². The van der Waals surface area contributed by atoms with Crippen LogP contribution >= 0.6 is 0 Å². The number of alkyl halides is 3. The fourth-order valence-electron chi connectivity index (χ4n) is 4.58. The van der Waals surface area contributed by atoms with Crippen molar-refractivity contribution in [3.05, 3.63) is 0 Å². The number of morpholine rings is 1. The minimum atomic E-state index is -5.08. The third kappa shape index (κ3) is 5.03. The summed E-state index contributed by atoms with van der Waals surface area (Å²) in [5.74, 6) is -0.625. The molecule has 5 fully saturated rings. The van der Waals surface area contributed by atoms with Crippen molar-refractivity contribution in [3.8, 4) is 0 Å². The van der Waals surface area contributed by atoms with Gasteiger partial charge in [-0.2, -0.15) is 13.2 Å². The number of halogens is 3. The molecule has 3 aliphatic heterocycles. The van der Waals surface area contributed by atoms with Gasteiger partial charge in [0.1, 0.15) is 11.6 Å². The van der Waals surface area contributed by atoms with Crippen LogP contribution in [0.3, 0.4) is 0 Å². The van der Waals surface area contributed by atoms with E-state index in [1.54, 1.807) is 0 Å². The molecule has 11 heteroatoms. The predicted octanol–water partition coefficient (Wildman–Crippen LogP) is 1.20. The highest BCUT2D eigenvalue weighted by atomic mass is 19.4. The monoisotopic (exact) mass is 461 g/mol. The first-order valence-electron chi connectivity index (χ1n) is 11.2. The first kappa shape index (κ1) is 23.3. The van der Waals surface area contributed by atoms with Crippen molar-refractivity contribution in [2.45, 2.75) is 50.4 Å². The van der Waals surface area contributed by atoms with Gasteiger partial charge < -0.3 is 19.6 Å². The molecule has 5 rings (SSSR count). The Labute approximate surface area is 184 Å². The van der Waals surface area contributed by atoms with Gasteiger partial charge in [0.2, 0.25) is 11.8 Å². The van der Waals surface area contributed by atoms with Crippen molar-refractivity contribution in [2.75, 3.05) is 45.9 Å². The van der Waals surface area contributed by atoms with E-state index in [0.29, 0.717) is 31.5 Å². The number of carbonyl (C=O) groups excluding carboxylic acids is 2. The SMILES string of the molecule is CC1CC1C(=O)N1CC2(C1)CN(CC1CC1)C(C(=O)N1CCC1)CO2.O=C(O)C(F)(F)F. The molecule has 0 bridgehead atoms. The number of carboxylic acids is 1. The fraction of sp³-hybridized carbons (Fsp3) is 0.857. The summed E-state index contributed by atoms with van der Waals surface area (Å²) >= 11 is 0. The number of aliphatic carboxylic acids is 1. The average Bonchev–Trinajstić information content (AvgIpc) is 3.55. The summed E-state index contributed by atoms with van der Waals surface area (Å²) in [5.41, 5.74) is -0.228. The maximum Gasteiger partial charge on any atom is 0.490 e. The number of hydrogen-bond acceptors (Lipinski definition) is 5. The van der Waals surface area contributed by atoms with Crippen LogP contribution in [0.4, 0.5) is 13.2 Å². The second-order valence-electron chi connectivity index (χ2n) is 9.88. The van der Waals surface area contributed by atoms with Gasteiger partial charge in [-0.15, -0.1) is 0 Å². The van der Waals surface area contributed by atoms with Gasteiger partial charge in [0.05, 0.1) is 19.7 Å². The standard InChI is InChI=1S/C19H29N3O3.C2HF3O2/c1-13-7-15(13)17(23)22-11-19(12-22)10-21(8-14-3-4-14)16(9-25-19)18(24)20-5-2-6-20;3-2(4,5)1(6)7/h13-16H,2-12H2,1H3;(H,6,7). The van der Waals surface area contributed by atoms with Gasteiger partial charge in [0, 0.05) is 32.1 Å². The minimum Gasteiger partial charge on any atom is -0.475 e. The highest BCUT2D eigenvalue weighted by molar-refractivity contribution is 5.83. The van der Waals surface area contributed by atoms with Crippen molar-refractivity contribution in [1.82, 2.24) is 14.7 Å². The molecule has 1 N–H and O–H groups in total. The molecule has 0 aromatic carbocycles. The summed E-state index contributed by atoms with van der Waals surface area (Å²) < 4.78 is 37.9. The molecule has 32 heavy (non-hydrogen) atoms. The number of ether oxygens (including phenoxy) is 1. The highest BCUT2D eigenvalue weighted by Gasteiger charge is 2.55. The number of carboxylic acid groups (broad SMARTS) is 1. The summed E-state index contributed by atoms with van der Waals surface area (Å²) in [7, 11) is 0. The van der Waals surface area contributed by atoms with Crippen LogP contribution in [-0.2, 0) is 19.1 Å². The first-order chi connectivity index (χ1) is 15.0. The molecule has 2 aliphatic carbocycles. The number of rotatable bonds is 4. The second-order valence-corrected chi connectivity index (χ2v) is 9.88. The lowest BCUT2D eigenvalue weighted by molar-refractivity contribution is -0.208. The Hall–Kier alpha value is -1.88. The maximum atomic E-state index is 12.8. The van der Waals surface area contributed by atoms with E-state index in [1.807, 2.05) is 9.80 Å². The minimum absolute atomic E-state index is 0.111. The molecule has 2 amide bonds. The van der Waals surface area contributed by atoms with E-state index >= 15 is 0 Å². The smallest absolute Gasteiger partial charge is 0.475 e. The third-order valence-electron chi connectivity index (χ3n) is 7.06. The molecule has 0 radical (unpaired) electrons. The molecule has 8 nitrogen and oxygen atoms in total. The topological polar surface area (TPSA) is 90.4 Å². The molecule has 180 valence electrons. The third-order valence-corrected chi connectivity index (χ3v) is 7.06. The molecule has 1 spiro atoms. The summed E-state index contributed by atoms with van der Waals surface area (Å²) in [6.07, 6.45) is -0.329. The fourth-order valence-corrected chi connectivity index (χ4v) is 4.58. The van der Waals surface area contributed by atoms with E-state index in [4.69, 9.17) is 14.6 Å². The number of hydrogen-bond donors (Lipinski definition) is 1. The molecule has 3 heterocycles. The van der Waals surface area contributed by atoms with E-state index in [1.165, 1.54) is 12.8 Å². The van der Waals surface area contributed by atoms with E-state index in [-0.39, 0.29) is 23.5 Å². The largest absolute Gasteiger partial charge is 0.490 e. The average molecular weight is 461 g/mol. The molecular weight excluding hydrogens is 431 g/mol. The van der Waals surface area contributed by atoms with Crippen LogP contribution in [0.1, 0.15) is 32.6 Å². The molecule has 5 aliphatic rings. The summed E-state index contributed by atoms with van der Waals surface area (Å²) in [5, 5.41) is 7.12. The van der Waals surface area contributed by atoms with Crippen molar-refractivity contribution in [1.29, 1.82) is 0 Å². The van der Waals surface area contributed by atoms with Crippen molar-refractivity contribution >= 4 is 17.8 Å².